The van der Waals surface area contributed by atoms with Gasteiger partial charge >= 0.3 is 0 Å². The van der Waals surface area contributed by atoms with Gasteiger partial charge < -0.3 is 24.2 Å². The van der Waals surface area contributed by atoms with Gasteiger partial charge in [-0.3, -0.25) is 9.59 Å². The highest BCUT2D eigenvalue weighted by Gasteiger charge is 2.46. The molecule has 7 nitrogen and oxygen atoms in total. The van der Waals surface area contributed by atoms with Gasteiger partial charge in [0, 0.05) is 18.7 Å². The Labute approximate surface area is 198 Å². The highest BCUT2D eigenvalue weighted by molar-refractivity contribution is 6.46. The van der Waals surface area contributed by atoms with Crippen molar-refractivity contribution in [2.45, 2.75) is 19.9 Å². The summed E-state index contributed by atoms with van der Waals surface area (Å²) in [6, 6.07) is 11.1. The van der Waals surface area contributed by atoms with Crippen molar-refractivity contribution in [2.24, 2.45) is 5.92 Å². The van der Waals surface area contributed by atoms with Gasteiger partial charge in [0.15, 0.2) is 0 Å². The SMILES string of the molecule is COCCN1C(=O)C(=O)/C(=C(/O)c2cc(Cl)ccc2OC)C1c1cccc(OCC(C)C)c1. The van der Waals surface area contributed by atoms with Crippen molar-refractivity contribution in [2.75, 3.05) is 34.0 Å². The molecule has 1 aliphatic rings. The monoisotopic (exact) mass is 473 g/mol. The molecule has 0 radical (unpaired) electrons. The lowest BCUT2D eigenvalue weighted by molar-refractivity contribution is -0.140. The predicted molar refractivity (Wildman–Crippen MR) is 126 cm³/mol. The fraction of sp³-hybridized carbons (Fsp3) is 0.360. The Morgan fingerprint density at radius 2 is 1.91 bits per heavy atom. The van der Waals surface area contributed by atoms with Crippen LogP contribution in [0.15, 0.2) is 48.0 Å². The zero-order chi connectivity index (χ0) is 24.1. The molecule has 33 heavy (non-hydrogen) atoms. The van der Waals surface area contributed by atoms with E-state index in [0.717, 1.165) is 0 Å². The number of ether oxygens (including phenoxy) is 3. The summed E-state index contributed by atoms with van der Waals surface area (Å²) in [5.74, 6) is -0.591. The molecule has 1 saturated heterocycles. The maximum absolute atomic E-state index is 13.1. The first-order chi connectivity index (χ1) is 15.8. The second-order valence-electron chi connectivity index (χ2n) is 8.11. The summed E-state index contributed by atoms with van der Waals surface area (Å²) in [6.07, 6.45) is 0. The van der Waals surface area contributed by atoms with Crippen molar-refractivity contribution in [3.05, 3.63) is 64.2 Å². The number of aliphatic hydroxyl groups is 1. The molecule has 2 aromatic carbocycles. The Morgan fingerprint density at radius 1 is 1.15 bits per heavy atom. The molecule has 1 amide bonds. The highest BCUT2D eigenvalue weighted by Crippen LogP contribution is 2.42. The summed E-state index contributed by atoms with van der Waals surface area (Å²) in [4.78, 5) is 27.5. The molecule has 1 aliphatic heterocycles. The van der Waals surface area contributed by atoms with E-state index in [1.807, 2.05) is 19.9 Å². The number of hydrogen-bond donors (Lipinski definition) is 1. The van der Waals surface area contributed by atoms with Gasteiger partial charge in [0.05, 0.1) is 37.5 Å². The Hall–Kier alpha value is -3.03. The van der Waals surface area contributed by atoms with E-state index in [0.29, 0.717) is 34.6 Å². The summed E-state index contributed by atoms with van der Waals surface area (Å²) < 4.78 is 16.3. The molecule has 176 valence electrons. The minimum Gasteiger partial charge on any atom is -0.507 e. The van der Waals surface area contributed by atoms with E-state index in [2.05, 4.69) is 0 Å². The average molecular weight is 474 g/mol. The third-order valence-electron chi connectivity index (χ3n) is 5.25. The lowest BCUT2D eigenvalue weighted by Gasteiger charge is -2.25. The number of methoxy groups -OCH3 is 2. The standard InChI is InChI=1S/C25H28ClNO6/c1-15(2)14-33-18-7-5-6-16(12-18)22-21(24(29)25(30)27(22)10-11-31-3)23(28)19-13-17(26)8-9-20(19)32-4/h5-9,12-13,15,22,28H,10-11,14H2,1-4H3/b23-21+. The van der Waals surface area contributed by atoms with E-state index in [-0.39, 0.29) is 30.0 Å². The molecule has 0 bridgehead atoms. The van der Waals surface area contributed by atoms with Crippen LogP contribution in [0.25, 0.3) is 5.76 Å². The number of carbonyl (C=O) groups is 2. The molecule has 1 N–H and O–H groups in total. The molecular formula is C25H28ClNO6. The Morgan fingerprint density at radius 3 is 2.58 bits per heavy atom. The third kappa shape index (κ3) is 5.31. The van der Waals surface area contributed by atoms with E-state index in [1.54, 1.807) is 30.3 Å². The lowest BCUT2D eigenvalue weighted by atomic mass is 9.95. The number of Topliss-reactive ketones (excluding diaryl/α,β-unsaturated/α-hetero) is 1. The topological polar surface area (TPSA) is 85.3 Å². The maximum atomic E-state index is 13.1. The zero-order valence-corrected chi connectivity index (χ0v) is 19.9. The number of likely N-dealkylation sites (tertiary alicyclic amines) is 1. The molecular weight excluding hydrogens is 446 g/mol. The van der Waals surface area contributed by atoms with E-state index in [1.165, 1.54) is 25.2 Å². The minimum atomic E-state index is -0.827. The Balaban J connectivity index is 2.17. The van der Waals surface area contributed by atoms with Crippen LogP contribution in [-0.4, -0.2) is 55.7 Å². The van der Waals surface area contributed by atoms with Crippen molar-refractivity contribution in [3.63, 3.8) is 0 Å². The number of carbonyl (C=O) groups excluding carboxylic acids is 2. The minimum absolute atomic E-state index is 0.0438. The van der Waals surface area contributed by atoms with Crippen molar-refractivity contribution in [3.8, 4) is 11.5 Å². The van der Waals surface area contributed by atoms with Crippen LogP contribution in [0.3, 0.4) is 0 Å². The smallest absolute Gasteiger partial charge is 0.295 e. The highest BCUT2D eigenvalue weighted by atomic mass is 35.5. The number of ketones is 1. The van der Waals surface area contributed by atoms with Crippen LogP contribution in [0, 0.1) is 5.92 Å². The second-order valence-corrected chi connectivity index (χ2v) is 8.54. The number of amides is 1. The van der Waals surface area contributed by atoms with Gasteiger partial charge in [-0.2, -0.15) is 0 Å². The van der Waals surface area contributed by atoms with E-state index in [9.17, 15) is 14.7 Å². The van der Waals surface area contributed by atoms with Crippen LogP contribution in [0.1, 0.15) is 31.0 Å². The quantitative estimate of drug-likeness (QED) is 0.329. The van der Waals surface area contributed by atoms with Crippen LogP contribution >= 0.6 is 11.6 Å². The van der Waals surface area contributed by atoms with E-state index in [4.69, 9.17) is 25.8 Å². The van der Waals surface area contributed by atoms with Crippen molar-refractivity contribution >= 4 is 29.1 Å². The summed E-state index contributed by atoms with van der Waals surface area (Å²) in [7, 11) is 2.97. The number of nitrogens with zero attached hydrogens (tertiary/aromatic N) is 1. The van der Waals surface area contributed by atoms with Crippen LogP contribution in [0.4, 0.5) is 0 Å². The predicted octanol–water partition coefficient (Wildman–Crippen LogP) is 4.45. The largest absolute Gasteiger partial charge is 0.507 e. The Kier molecular flexibility index (Phi) is 8.00. The number of hydrogen-bond acceptors (Lipinski definition) is 6. The second kappa shape index (κ2) is 10.7. The molecule has 1 heterocycles. The number of aliphatic hydroxyl groups excluding tert-OH is 1. The first-order valence-corrected chi connectivity index (χ1v) is 11.0. The molecule has 8 heteroatoms. The third-order valence-corrected chi connectivity index (χ3v) is 5.49. The molecule has 1 unspecified atom stereocenters. The van der Waals surface area contributed by atoms with Crippen LogP contribution in [0.5, 0.6) is 11.5 Å². The number of benzene rings is 2. The Bertz CT molecular complexity index is 1060. The zero-order valence-electron chi connectivity index (χ0n) is 19.1. The van der Waals surface area contributed by atoms with Crippen molar-refractivity contribution in [1.82, 2.24) is 4.90 Å². The van der Waals surface area contributed by atoms with Gasteiger partial charge in [-0.05, 0) is 41.8 Å². The number of rotatable bonds is 9. The molecule has 2 aromatic rings. The van der Waals surface area contributed by atoms with E-state index < -0.39 is 17.7 Å². The van der Waals surface area contributed by atoms with Crippen molar-refractivity contribution < 1.29 is 28.9 Å². The average Bonchev–Trinajstić information content (AvgIpc) is 3.05. The maximum Gasteiger partial charge on any atom is 0.295 e. The molecule has 0 aromatic heterocycles. The van der Waals surface area contributed by atoms with Gasteiger partial charge in [0.25, 0.3) is 11.7 Å². The van der Waals surface area contributed by atoms with Crippen LogP contribution < -0.4 is 9.47 Å². The summed E-state index contributed by atoms with van der Waals surface area (Å²) in [5, 5.41) is 11.6. The molecule has 1 fully saturated rings. The summed E-state index contributed by atoms with van der Waals surface area (Å²) >= 11 is 6.14. The summed E-state index contributed by atoms with van der Waals surface area (Å²) in [6.45, 7) is 5.01. The fourth-order valence-electron chi connectivity index (χ4n) is 3.69. The van der Waals surface area contributed by atoms with Gasteiger partial charge in [0.1, 0.15) is 17.3 Å². The molecule has 0 aliphatic carbocycles. The van der Waals surface area contributed by atoms with Crippen molar-refractivity contribution in [1.29, 1.82) is 0 Å². The normalized spacial score (nSPS) is 17.6. The molecule has 0 spiro atoms. The molecule has 1 atom stereocenters. The van der Waals surface area contributed by atoms with Crippen LogP contribution in [0.2, 0.25) is 5.02 Å². The van der Waals surface area contributed by atoms with Gasteiger partial charge in [0.2, 0.25) is 0 Å². The first kappa shape index (κ1) is 24.6. The fourth-order valence-corrected chi connectivity index (χ4v) is 3.87. The van der Waals surface area contributed by atoms with Crippen LogP contribution in [-0.2, 0) is 14.3 Å². The van der Waals surface area contributed by atoms with Gasteiger partial charge in [-0.25, -0.2) is 0 Å². The summed E-state index contributed by atoms with van der Waals surface area (Å²) in [5.41, 5.74) is 0.818. The van der Waals surface area contributed by atoms with Gasteiger partial charge in [-0.15, -0.1) is 0 Å². The number of halogens is 1. The lowest BCUT2D eigenvalue weighted by Crippen LogP contribution is -2.32. The van der Waals surface area contributed by atoms with E-state index >= 15 is 0 Å². The van der Waals surface area contributed by atoms with Gasteiger partial charge in [-0.1, -0.05) is 37.6 Å². The molecule has 0 saturated carbocycles. The molecule has 3 rings (SSSR count). The first-order valence-electron chi connectivity index (χ1n) is 10.6.